The molecule has 2 heterocycles. The number of fused-ring (bicyclic) bond motifs is 1. The van der Waals surface area contributed by atoms with Crippen molar-refractivity contribution in [3.05, 3.63) is 58.3 Å². The number of nitrogens with one attached hydrogen (secondary N) is 1. The minimum absolute atomic E-state index is 0.671. The van der Waals surface area contributed by atoms with Gasteiger partial charge in [0.25, 0.3) is 0 Å². The molecule has 0 saturated carbocycles. The summed E-state index contributed by atoms with van der Waals surface area (Å²) in [7, 11) is 0. The lowest BCUT2D eigenvalue weighted by Gasteiger charge is -2.09. The second-order valence-electron chi connectivity index (χ2n) is 3.87. The summed E-state index contributed by atoms with van der Waals surface area (Å²) in [6, 6.07) is 11.7. The van der Waals surface area contributed by atoms with E-state index in [1.807, 2.05) is 47.1 Å². The Morgan fingerprint density at radius 3 is 2.89 bits per heavy atom. The predicted molar refractivity (Wildman–Crippen MR) is 77.6 cm³/mol. The smallest absolute Gasteiger partial charge is 0.0663 e. The van der Waals surface area contributed by atoms with E-state index in [0.29, 0.717) is 5.02 Å². The van der Waals surface area contributed by atoms with Gasteiger partial charge in [0.05, 0.1) is 28.1 Å². The summed E-state index contributed by atoms with van der Waals surface area (Å²) in [5, 5.41) is 8.13. The van der Waals surface area contributed by atoms with Gasteiger partial charge in [-0.25, -0.2) is 4.52 Å². The Kier molecular flexibility index (Phi) is 2.97. The van der Waals surface area contributed by atoms with Gasteiger partial charge in [-0.2, -0.15) is 5.10 Å². The quantitative estimate of drug-likeness (QED) is 0.753. The number of aromatic nitrogens is 2. The van der Waals surface area contributed by atoms with Gasteiger partial charge in [-0.3, -0.25) is 0 Å². The van der Waals surface area contributed by atoms with Crippen molar-refractivity contribution in [2.75, 3.05) is 5.32 Å². The number of rotatable bonds is 2. The van der Waals surface area contributed by atoms with Crippen molar-refractivity contribution in [2.24, 2.45) is 0 Å². The van der Waals surface area contributed by atoms with Crippen LogP contribution in [0.1, 0.15) is 0 Å². The van der Waals surface area contributed by atoms with Crippen LogP contribution in [-0.2, 0) is 0 Å². The van der Waals surface area contributed by atoms with Gasteiger partial charge < -0.3 is 5.32 Å². The first-order valence-corrected chi connectivity index (χ1v) is 6.55. The number of pyridine rings is 1. The van der Waals surface area contributed by atoms with Crippen molar-refractivity contribution in [3.8, 4) is 0 Å². The van der Waals surface area contributed by atoms with Crippen LogP contribution in [0.5, 0.6) is 0 Å². The van der Waals surface area contributed by atoms with Gasteiger partial charge in [0.2, 0.25) is 0 Å². The number of hydrogen-bond donors (Lipinski definition) is 1. The number of benzene rings is 1. The molecule has 0 bridgehead atoms. The third kappa shape index (κ3) is 2.21. The zero-order valence-electron chi connectivity index (χ0n) is 9.27. The summed E-state index contributed by atoms with van der Waals surface area (Å²) >= 11 is 9.54. The van der Waals surface area contributed by atoms with Crippen LogP contribution in [0.3, 0.4) is 0 Å². The highest BCUT2D eigenvalue weighted by molar-refractivity contribution is 9.10. The van der Waals surface area contributed by atoms with Crippen molar-refractivity contribution in [2.45, 2.75) is 0 Å². The molecule has 0 spiro atoms. The summed E-state index contributed by atoms with van der Waals surface area (Å²) in [4.78, 5) is 0. The monoisotopic (exact) mass is 321 g/mol. The average Bonchev–Trinajstić information content (AvgIpc) is 2.80. The van der Waals surface area contributed by atoms with E-state index in [1.54, 1.807) is 6.20 Å². The second kappa shape index (κ2) is 4.63. The first kappa shape index (κ1) is 11.6. The van der Waals surface area contributed by atoms with Gasteiger partial charge in [-0.05, 0) is 36.4 Å². The minimum atomic E-state index is 0.671. The molecule has 0 aliphatic rings. The Balaban J connectivity index is 1.95. The van der Waals surface area contributed by atoms with Crippen LogP contribution in [-0.4, -0.2) is 9.61 Å². The van der Waals surface area contributed by atoms with Gasteiger partial charge >= 0.3 is 0 Å². The van der Waals surface area contributed by atoms with Crippen LogP contribution < -0.4 is 5.32 Å². The maximum Gasteiger partial charge on any atom is 0.0663 e. The van der Waals surface area contributed by atoms with E-state index < -0.39 is 0 Å². The molecule has 0 fully saturated rings. The molecule has 0 aliphatic heterocycles. The highest BCUT2D eigenvalue weighted by atomic mass is 79.9. The molecule has 0 saturated heterocycles. The third-order valence-corrected chi connectivity index (χ3v) is 3.41. The molecule has 3 nitrogen and oxygen atoms in total. The van der Waals surface area contributed by atoms with Crippen molar-refractivity contribution >= 4 is 44.4 Å². The SMILES string of the molecule is Clc1cc(Br)ccc1Nc1ccc2ccnn2c1. The van der Waals surface area contributed by atoms with Gasteiger partial charge in [0, 0.05) is 10.7 Å². The molecule has 18 heavy (non-hydrogen) atoms. The van der Waals surface area contributed by atoms with E-state index in [2.05, 4.69) is 26.3 Å². The minimum Gasteiger partial charge on any atom is -0.353 e. The third-order valence-electron chi connectivity index (χ3n) is 2.61. The van der Waals surface area contributed by atoms with Gasteiger partial charge in [0.1, 0.15) is 0 Å². The van der Waals surface area contributed by atoms with Crippen molar-refractivity contribution in [1.82, 2.24) is 9.61 Å². The van der Waals surface area contributed by atoms with Gasteiger partial charge in [0.15, 0.2) is 0 Å². The molecule has 0 aliphatic carbocycles. The molecular formula is C13H9BrClN3. The summed E-state index contributed by atoms with van der Waals surface area (Å²) in [5.41, 5.74) is 2.87. The fraction of sp³-hybridized carbons (Fsp3) is 0. The van der Waals surface area contributed by atoms with Crippen molar-refractivity contribution < 1.29 is 0 Å². The first-order chi connectivity index (χ1) is 8.72. The predicted octanol–water partition coefficient (Wildman–Crippen LogP) is 4.49. The molecule has 0 amide bonds. The highest BCUT2D eigenvalue weighted by Gasteiger charge is 2.02. The lowest BCUT2D eigenvalue weighted by Crippen LogP contribution is -1.94. The molecular weight excluding hydrogens is 314 g/mol. The van der Waals surface area contributed by atoms with Gasteiger partial charge in [-0.15, -0.1) is 0 Å². The molecule has 1 aromatic carbocycles. The zero-order chi connectivity index (χ0) is 12.5. The first-order valence-electron chi connectivity index (χ1n) is 5.38. The van der Waals surface area contributed by atoms with Crippen molar-refractivity contribution in [1.29, 1.82) is 0 Å². The molecule has 0 radical (unpaired) electrons. The molecule has 0 atom stereocenters. The van der Waals surface area contributed by atoms with Crippen LogP contribution >= 0.6 is 27.5 Å². The Morgan fingerprint density at radius 2 is 2.06 bits per heavy atom. The topological polar surface area (TPSA) is 29.3 Å². The lowest BCUT2D eigenvalue weighted by molar-refractivity contribution is 0.963. The van der Waals surface area contributed by atoms with E-state index in [1.165, 1.54) is 0 Å². The number of hydrogen-bond acceptors (Lipinski definition) is 2. The number of halogens is 2. The van der Waals surface area contributed by atoms with Crippen LogP contribution in [0.4, 0.5) is 11.4 Å². The van der Waals surface area contributed by atoms with E-state index in [0.717, 1.165) is 21.4 Å². The van der Waals surface area contributed by atoms with Crippen LogP contribution in [0.2, 0.25) is 5.02 Å². The zero-order valence-corrected chi connectivity index (χ0v) is 11.6. The van der Waals surface area contributed by atoms with E-state index in [9.17, 15) is 0 Å². The largest absolute Gasteiger partial charge is 0.353 e. The Hall–Kier alpha value is -1.52. The highest BCUT2D eigenvalue weighted by Crippen LogP contribution is 2.28. The fourth-order valence-corrected chi connectivity index (χ4v) is 2.46. The molecule has 2 aromatic heterocycles. The maximum absolute atomic E-state index is 6.16. The standard InChI is InChI=1S/C13H9BrClN3/c14-9-1-4-13(12(15)7-9)17-10-2-3-11-5-6-16-18(11)8-10/h1-8,17H. The molecule has 3 rings (SSSR count). The number of anilines is 2. The molecule has 1 N–H and O–H groups in total. The van der Waals surface area contributed by atoms with Crippen LogP contribution in [0, 0.1) is 0 Å². The van der Waals surface area contributed by atoms with E-state index in [-0.39, 0.29) is 0 Å². The summed E-state index contributed by atoms with van der Waals surface area (Å²) in [6.07, 6.45) is 3.69. The van der Waals surface area contributed by atoms with Gasteiger partial charge in [-0.1, -0.05) is 27.5 Å². The summed E-state index contributed by atoms with van der Waals surface area (Å²) < 4.78 is 2.77. The normalized spacial score (nSPS) is 10.8. The molecule has 90 valence electrons. The van der Waals surface area contributed by atoms with E-state index >= 15 is 0 Å². The fourth-order valence-electron chi connectivity index (χ4n) is 1.73. The number of nitrogens with zero attached hydrogens (tertiary/aromatic N) is 2. The molecule has 0 unspecified atom stereocenters. The average molecular weight is 323 g/mol. The summed E-state index contributed by atoms with van der Waals surface area (Å²) in [5.74, 6) is 0. The van der Waals surface area contributed by atoms with Crippen molar-refractivity contribution in [3.63, 3.8) is 0 Å². The molecule has 3 aromatic rings. The van der Waals surface area contributed by atoms with Crippen LogP contribution in [0.15, 0.2) is 53.3 Å². The summed E-state index contributed by atoms with van der Waals surface area (Å²) in [6.45, 7) is 0. The second-order valence-corrected chi connectivity index (χ2v) is 5.19. The lowest BCUT2D eigenvalue weighted by atomic mass is 10.3. The van der Waals surface area contributed by atoms with Crippen LogP contribution in [0.25, 0.3) is 5.52 Å². The van der Waals surface area contributed by atoms with E-state index in [4.69, 9.17) is 11.6 Å². The molecule has 5 heteroatoms. The Morgan fingerprint density at radius 1 is 1.17 bits per heavy atom. The maximum atomic E-state index is 6.16. The Labute approximate surface area is 118 Å². The Bertz CT molecular complexity index is 708.